The highest BCUT2D eigenvalue weighted by molar-refractivity contribution is 5.27. The monoisotopic (exact) mass is 238 g/mol. The van der Waals surface area contributed by atoms with Gasteiger partial charge in [-0.25, -0.2) is 0 Å². The fraction of sp³-hybridized carbons (Fsp3) is 0.200. The van der Waals surface area contributed by atoms with Crippen LogP contribution in [-0.2, 0) is 0 Å². The van der Waals surface area contributed by atoms with E-state index in [1.165, 1.54) is 24.3 Å². The lowest BCUT2D eigenvalue weighted by Gasteiger charge is -2.06. The third-order valence-corrected chi connectivity index (χ3v) is 1.65. The van der Waals surface area contributed by atoms with E-state index in [0.29, 0.717) is 0 Å². The Balaban J connectivity index is 2.86. The molecule has 0 bridgehead atoms. The number of allylic oxidation sites excluding steroid dienone is 1. The molecule has 0 saturated carbocycles. The highest BCUT2D eigenvalue weighted by atomic mass is 19.4. The second kappa shape index (κ2) is 4.51. The molecule has 1 rings (SSSR count). The van der Waals surface area contributed by atoms with Gasteiger partial charge in [-0.3, -0.25) is 0 Å². The number of aryl methyl sites for hydroxylation is 1. The van der Waals surface area contributed by atoms with Gasteiger partial charge in [-0.15, -0.1) is 0 Å². The SMILES string of the molecule is Cc1ccc(OC(F)=C(F)C(F)(F)F)cc1. The molecular weight excluding hydrogens is 231 g/mol. The van der Waals surface area contributed by atoms with E-state index < -0.39 is 18.0 Å². The fourth-order valence-electron chi connectivity index (χ4n) is 0.866. The summed E-state index contributed by atoms with van der Waals surface area (Å²) in [4.78, 5) is 0. The summed E-state index contributed by atoms with van der Waals surface area (Å²) in [7, 11) is 0. The molecule has 88 valence electrons. The summed E-state index contributed by atoms with van der Waals surface area (Å²) in [5.41, 5.74) is 0.813. The molecule has 0 aliphatic carbocycles. The van der Waals surface area contributed by atoms with E-state index in [1.807, 2.05) is 0 Å². The Bertz CT molecular complexity index is 391. The minimum atomic E-state index is -5.38. The van der Waals surface area contributed by atoms with Crippen LogP contribution in [0.25, 0.3) is 0 Å². The largest absolute Gasteiger partial charge is 0.449 e. The summed E-state index contributed by atoms with van der Waals surface area (Å²) < 4.78 is 64.2. The second-order valence-corrected chi connectivity index (χ2v) is 3.00. The molecule has 0 heterocycles. The highest BCUT2D eigenvalue weighted by Crippen LogP contribution is 2.30. The van der Waals surface area contributed by atoms with Gasteiger partial charge in [-0.1, -0.05) is 17.7 Å². The molecule has 0 aliphatic heterocycles. The molecule has 0 atom stereocenters. The normalized spacial score (nSPS) is 13.4. The molecule has 0 unspecified atom stereocenters. The van der Waals surface area contributed by atoms with Crippen molar-refractivity contribution in [3.05, 3.63) is 41.7 Å². The fourth-order valence-corrected chi connectivity index (χ4v) is 0.866. The van der Waals surface area contributed by atoms with E-state index in [1.54, 1.807) is 6.92 Å². The molecule has 0 spiro atoms. The van der Waals surface area contributed by atoms with Crippen LogP contribution in [0.1, 0.15) is 5.56 Å². The van der Waals surface area contributed by atoms with Gasteiger partial charge in [0.15, 0.2) is 0 Å². The van der Waals surface area contributed by atoms with Crippen LogP contribution < -0.4 is 4.74 Å². The summed E-state index contributed by atoms with van der Waals surface area (Å²) in [6, 6.07) is 3.16. The topological polar surface area (TPSA) is 9.23 Å². The van der Waals surface area contributed by atoms with E-state index >= 15 is 0 Å². The molecule has 0 N–H and O–H groups in total. The Morgan fingerprint density at radius 3 is 2.00 bits per heavy atom. The second-order valence-electron chi connectivity index (χ2n) is 3.00. The number of benzene rings is 1. The first kappa shape index (κ1) is 12.5. The van der Waals surface area contributed by atoms with E-state index in [9.17, 15) is 22.0 Å². The Hall–Kier alpha value is -1.59. The lowest BCUT2D eigenvalue weighted by atomic mass is 10.2. The molecule has 0 amide bonds. The highest BCUT2D eigenvalue weighted by Gasteiger charge is 2.39. The smallest absolute Gasteiger partial charge is 0.430 e. The van der Waals surface area contributed by atoms with Crippen molar-refractivity contribution < 1.29 is 26.7 Å². The van der Waals surface area contributed by atoms with Crippen LogP contribution in [-0.4, -0.2) is 6.18 Å². The molecule has 0 aliphatic rings. The van der Waals surface area contributed by atoms with Crippen LogP contribution in [0.5, 0.6) is 5.75 Å². The third kappa shape index (κ3) is 3.22. The van der Waals surface area contributed by atoms with Crippen molar-refractivity contribution in [2.24, 2.45) is 0 Å². The predicted octanol–water partition coefficient (Wildman–Crippen LogP) is 4.04. The first-order chi connectivity index (χ1) is 7.30. The molecule has 0 saturated heterocycles. The zero-order valence-corrected chi connectivity index (χ0v) is 8.11. The lowest BCUT2D eigenvalue weighted by Crippen LogP contribution is -2.11. The Morgan fingerprint density at radius 1 is 1.06 bits per heavy atom. The van der Waals surface area contributed by atoms with Crippen molar-refractivity contribution >= 4 is 0 Å². The van der Waals surface area contributed by atoms with Crippen LogP contribution in [0.3, 0.4) is 0 Å². The number of ether oxygens (including phenoxy) is 1. The number of alkyl halides is 3. The maximum Gasteiger partial charge on any atom is 0.449 e. The molecule has 0 radical (unpaired) electrons. The molecule has 0 fully saturated rings. The van der Waals surface area contributed by atoms with Crippen LogP contribution >= 0.6 is 0 Å². The van der Waals surface area contributed by atoms with Gasteiger partial charge in [0.25, 0.3) is 5.83 Å². The number of hydrogen-bond acceptors (Lipinski definition) is 1. The van der Waals surface area contributed by atoms with Crippen molar-refractivity contribution in [1.82, 2.24) is 0 Å². The van der Waals surface area contributed by atoms with Gasteiger partial charge >= 0.3 is 12.2 Å². The summed E-state index contributed by atoms with van der Waals surface area (Å²) in [5.74, 6) is -3.09. The van der Waals surface area contributed by atoms with Crippen LogP contribution in [0.15, 0.2) is 36.1 Å². The Kier molecular flexibility index (Phi) is 3.51. The van der Waals surface area contributed by atoms with E-state index in [-0.39, 0.29) is 5.75 Å². The zero-order chi connectivity index (χ0) is 12.3. The average Bonchev–Trinajstić information content (AvgIpc) is 2.19. The molecule has 16 heavy (non-hydrogen) atoms. The minimum absolute atomic E-state index is 0.206. The molecular formula is C10H7F5O. The van der Waals surface area contributed by atoms with Crippen molar-refractivity contribution in [3.63, 3.8) is 0 Å². The van der Waals surface area contributed by atoms with E-state index in [4.69, 9.17) is 0 Å². The van der Waals surface area contributed by atoms with Gasteiger partial charge in [-0.2, -0.15) is 22.0 Å². The molecule has 1 nitrogen and oxygen atoms in total. The van der Waals surface area contributed by atoms with Gasteiger partial charge in [-0.05, 0) is 19.1 Å². The summed E-state index contributed by atoms with van der Waals surface area (Å²) >= 11 is 0. The number of rotatable bonds is 2. The number of hydrogen-bond donors (Lipinski definition) is 0. The van der Waals surface area contributed by atoms with Crippen molar-refractivity contribution in [2.45, 2.75) is 13.1 Å². The van der Waals surface area contributed by atoms with E-state index in [0.717, 1.165) is 5.56 Å². The molecule has 6 heteroatoms. The summed E-state index contributed by atoms with van der Waals surface area (Å²) in [6.45, 7) is 1.73. The molecule has 1 aromatic carbocycles. The first-order valence-corrected chi connectivity index (χ1v) is 4.17. The number of halogens is 5. The Morgan fingerprint density at radius 2 is 1.56 bits per heavy atom. The van der Waals surface area contributed by atoms with Gasteiger partial charge in [0.1, 0.15) is 5.75 Å². The molecule has 1 aromatic rings. The lowest BCUT2D eigenvalue weighted by molar-refractivity contribution is -0.114. The van der Waals surface area contributed by atoms with Crippen molar-refractivity contribution in [2.75, 3.05) is 0 Å². The van der Waals surface area contributed by atoms with Crippen molar-refractivity contribution in [3.8, 4) is 5.75 Å². The third-order valence-electron chi connectivity index (χ3n) is 1.65. The van der Waals surface area contributed by atoms with E-state index in [2.05, 4.69) is 4.74 Å². The van der Waals surface area contributed by atoms with Gasteiger partial charge in [0.05, 0.1) is 0 Å². The van der Waals surface area contributed by atoms with Crippen LogP contribution in [0.4, 0.5) is 22.0 Å². The quantitative estimate of drug-likeness (QED) is 0.558. The summed E-state index contributed by atoms with van der Waals surface area (Å²) in [5, 5.41) is 0. The first-order valence-electron chi connectivity index (χ1n) is 4.17. The van der Waals surface area contributed by atoms with Crippen LogP contribution in [0.2, 0.25) is 0 Å². The van der Waals surface area contributed by atoms with Gasteiger partial charge < -0.3 is 4.74 Å². The zero-order valence-electron chi connectivity index (χ0n) is 8.11. The average molecular weight is 238 g/mol. The van der Waals surface area contributed by atoms with Crippen LogP contribution in [0, 0.1) is 6.92 Å². The standard InChI is InChI=1S/C10H7F5O/c1-6-2-4-7(5-3-6)16-9(12)8(11)10(13,14)15/h2-5H,1H3. The van der Waals surface area contributed by atoms with Gasteiger partial charge in [0, 0.05) is 0 Å². The molecule has 0 aromatic heterocycles. The van der Waals surface area contributed by atoms with Gasteiger partial charge in [0.2, 0.25) is 0 Å². The van der Waals surface area contributed by atoms with Crippen molar-refractivity contribution in [1.29, 1.82) is 0 Å². The summed E-state index contributed by atoms with van der Waals surface area (Å²) in [6.07, 6.45) is -5.38. The maximum atomic E-state index is 12.6. The predicted molar refractivity (Wildman–Crippen MR) is 47.1 cm³/mol. The maximum absolute atomic E-state index is 12.6. The Labute approximate surface area is 88.1 Å². The minimum Gasteiger partial charge on any atom is -0.430 e.